The number of rotatable bonds is 6. The summed E-state index contributed by atoms with van der Waals surface area (Å²) in [6.07, 6.45) is 5.29. The van der Waals surface area contributed by atoms with Crippen LogP contribution in [-0.2, 0) is 17.6 Å². The van der Waals surface area contributed by atoms with Gasteiger partial charge in [0.1, 0.15) is 11.9 Å². The summed E-state index contributed by atoms with van der Waals surface area (Å²) in [6, 6.07) is 1.68. The number of primary amides is 1. The molecule has 33 heavy (non-hydrogen) atoms. The molecule has 9 heteroatoms. The number of aryl methyl sites for hydroxylation is 1. The van der Waals surface area contributed by atoms with Gasteiger partial charge in [0, 0.05) is 11.8 Å². The first-order valence-corrected chi connectivity index (χ1v) is 11.4. The van der Waals surface area contributed by atoms with Crippen molar-refractivity contribution in [1.82, 2.24) is 9.78 Å². The molecule has 1 amide bonds. The number of hydrogen-bond acceptors (Lipinski definition) is 5. The van der Waals surface area contributed by atoms with Crippen LogP contribution in [0.15, 0.2) is 12.1 Å². The lowest BCUT2D eigenvalue weighted by Gasteiger charge is -2.35. The quantitative estimate of drug-likeness (QED) is 0.526. The minimum Gasteiger partial charge on any atom is -0.480 e. The lowest BCUT2D eigenvalue weighted by molar-refractivity contribution is -0.139. The predicted molar refractivity (Wildman–Crippen MR) is 123 cm³/mol. The number of nitrogens with two attached hydrogens (primary N) is 2. The second kappa shape index (κ2) is 8.13. The molecule has 178 valence electrons. The lowest BCUT2D eigenvalue weighted by Crippen LogP contribution is -2.56. The first-order valence-electron chi connectivity index (χ1n) is 11.4. The highest BCUT2D eigenvalue weighted by Gasteiger charge is 2.44. The topological polar surface area (TPSA) is 136 Å². The number of nitrogens with zero attached hydrogens (tertiary/aromatic N) is 2. The van der Waals surface area contributed by atoms with E-state index in [1.54, 1.807) is 10.7 Å². The molecule has 1 heterocycles. The Morgan fingerprint density at radius 3 is 2.52 bits per heavy atom. The molecule has 2 aliphatic carbocycles. The highest BCUT2D eigenvalue weighted by Crippen LogP contribution is 2.40. The van der Waals surface area contributed by atoms with Crippen molar-refractivity contribution in [2.24, 2.45) is 16.9 Å². The van der Waals surface area contributed by atoms with E-state index in [1.807, 2.05) is 6.92 Å². The van der Waals surface area contributed by atoms with E-state index in [9.17, 15) is 14.7 Å². The largest absolute Gasteiger partial charge is 0.480 e. The number of carboxylic acids is 1. The van der Waals surface area contributed by atoms with E-state index in [2.05, 4.69) is 24.3 Å². The summed E-state index contributed by atoms with van der Waals surface area (Å²) >= 11 is 0. The van der Waals surface area contributed by atoms with Crippen LogP contribution in [0.4, 0.5) is 10.1 Å². The van der Waals surface area contributed by atoms with Gasteiger partial charge in [0.05, 0.1) is 28.2 Å². The van der Waals surface area contributed by atoms with E-state index in [4.69, 9.17) is 11.5 Å². The Morgan fingerprint density at radius 2 is 1.91 bits per heavy atom. The molecule has 0 saturated heterocycles. The van der Waals surface area contributed by atoms with Crippen LogP contribution in [0.5, 0.6) is 0 Å². The summed E-state index contributed by atoms with van der Waals surface area (Å²) < 4.78 is 17.0. The Kier molecular flexibility index (Phi) is 5.72. The minimum absolute atomic E-state index is 0.0895. The van der Waals surface area contributed by atoms with Crippen molar-refractivity contribution in [1.29, 1.82) is 0 Å². The Hall–Kier alpha value is -2.94. The number of aromatic nitrogens is 2. The van der Waals surface area contributed by atoms with E-state index in [-0.39, 0.29) is 16.7 Å². The molecule has 0 unspecified atom stereocenters. The summed E-state index contributed by atoms with van der Waals surface area (Å²) in [5, 5.41) is 17.4. The molecule has 1 aromatic heterocycles. The number of nitrogens with one attached hydrogen (secondary N) is 1. The van der Waals surface area contributed by atoms with Crippen LogP contribution < -0.4 is 16.8 Å². The minimum atomic E-state index is -1.21. The molecule has 1 aromatic carbocycles. The van der Waals surface area contributed by atoms with Crippen LogP contribution in [0, 0.1) is 18.2 Å². The summed E-state index contributed by atoms with van der Waals surface area (Å²) in [6.45, 7) is 6.34. The highest BCUT2D eigenvalue weighted by molar-refractivity contribution is 5.99. The molecule has 0 aliphatic heterocycles. The van der Waals surface area contributed by atoms with Gasteiger partial charge in [-0.3, -0.25) is 9.59 Å². The average molecular weight is 458 g/mol. The zero-order valence-electron chi connectivity index (χ0n) is 19.4. The fourth-order valence-corrected chi connectivity index (χ4v) is 5.42. The number of carbonyl (C=O) groups is 2. The second-order valence-corrected chi connectivity index (χ2v) is 10.3. The first kappa shape index (κ1) is 23.2. The third kappa shape index (κ3) is 4.10. The normalized spacial score (nSPS) is 19.7. The number of anilines is 1. The zero-order valence-corrected chi connectivity index (χ0v) is 19.4. The molecule has 2 aromatic rings. The van der Waals surface area contributed by atoms with Gasteiger partial charge in [0.25, 0.3) is 5.91 Å². The van der Waals surface area contributed by atoms with Gasteiger partial charge in [0.2, 0.25) is 0 Å². The number of halogens is 1. The number of carbonyl (C=O) groups excluding carboxylic acids is 1. The van der Waals surface area contributed by atoms with Crippen molar-refractivity contribution in [3.63, 3.8) is 0 Å². The maximum Gasteiger partial charge on any atom is 0.322 e. The van der Waals surface area contributed by atoms with Crippen molar-refractivity contribution in [3.05, 3.63) is 40.5 Å². The third-order valence-corrected chi connectivity index (χ3v) is 7.30. The van der Waals surface area contributed by atoms with Gasteiger partial charge in [-0.2, -0.15) is 5.10 Å². The number of amides is 1. The molecular weight excluding hydrogens is 425 g/mol. The van der Waals surface area contributed by atoms with Crippen LogP contribution in [0.1, 0.15) is 73.3 Å². The van der Waals surface area contributed by atoms with Crippen molar-refractivity contribution in [2.45, 2.75) is 77.3 Å². The van der Waals surface area contributed by atoms with Crippen LogP contribution in [0.3, 0.4) is 0 Å². The fraction of sp³-hybridized carbons (Fsp3) is 0.542. The number of aliphatic carboxylic acids is 1. The van der Waals surface area contributed by atoms with Gasteiger partial charge in [-0.25, -0.2) is 9.07 Å². The van der Waals surface area contributed by atoms with E-state index in [1.165, 1.54) is 11.6 Å². The van der Waals surface area contributed by atoms with Gasteiger partial charge >= 0.3 is 5.97 Å². The predicted octanol–water partition coefficient (Wildman–Crippen LogP) is 3.07. The van der Waals surface area contributed by atoms with Crippen molar-refractivity contribution in [3.8, 4) is 5.69 Å². The van der Waals surface area contributed by atoms with E-state index >= 15 is 4.39 Å². The van der Waals surface area contributed by atoms with Gasteiger partial charge in [-0.15, -0.1) is 0 Å². The molecular formula is C24H32FN5O3. The molecule has 4 rings (SSSR count). The van der Waals surface area contributed by atoms with E-state index in [0.29, 0.717) is 18.5 Å². The Labute approximate surface area is 192 Å². The molecule has 8 nitrogen and oxygen atoms in total. The third-order valence-electron chi connectivity index (χ3n) is 7.30. The van der Waals surface area contributed by atoms with Crippen molar-refractivity contribution in [2.75, 3.05) is 5.32 Å². The fourth-order valence-electron chi connectivity index (χ4n) is 5.42. The summed E-state index contributed by atoms with van der Waals surface area (Å²) in [4.78, 5) is 23.9. The van der Waals surface area contributed by atoms with E-state index < -0.39 is 29.3 Å². The highest BCUT2D eigenvalue weighted by atomic mass is 19.1. The summed E-state index contributed by atoms with van der Waals surface area (Å²) in [7, 11) is 0. The van der Waals surface area contributed by atoms with Crippen LogP contribution in [0.2, 0.25) is 0 Å². The monoisotopic (exact) mass is 457 g/mol. The SMILES string of the molecule is Cc1nn(-c2cc(F)c(C(N)=O)c(NC3([C@H](N)C(=O)O)CCCC3)c2)c2c1CCC(C)(C)C2. The molecule has 1 saturated carbocycles. The molecule has 0 spiro atoms. The molecule has 1 atom stereocenters. The second-order valence-electron chi connectivity index (χ2n) is 10.3. The van der Waals surface area contributed by atoms with Gasteiger partial charge in [0.15, 0.2) is 0 Å². The lowest BCUT2D eigenvalue weighted by atomic mass is 9.76. The molecule has 0 bridgehead atoms. The maximum absolute atomic E-state index is 15.3. The Morgan fingerprint density at radius 1 is 1.24 bits per heavy atom. The molecule has 6 N–H and O–H groups in total. The maximum atomic E-state index is 15.3. The van der Waals surface area contributed by atoms with E-state index in [0.717, 1.165) is 43.5 Å². The number of hydrogen-bond donors (Lipinski definition) is 4. The smallest absolute Gasteiger partial charge is 0.322 e. The van der Waals surface area contributed by atoms with Crippen LogP contribution >= 0.6 is 0 Å². The summed E-state index contributed by atoms with van der Waals surface area (Å²) in [5.74, 6) is -2.87. The number of benzene rings is 1. The van der Waals surface area contributed by atoms with Crippen molar-refractivity contribution < 1.29 is 19.1 Å². The summed E-state index contributed by atoms with van der Waals surface area (Å²) in [5.41, 5.74) is 14.1. The standard InChI is InChI=1S/C24H32FN5O3/c1-13-15-6-9-23(2,3)12-18(15)30(29-13)14-10-16(25)19(21(27)31)17(11-14)28-24(7-4-5-8-24)20(26)22(32)33/h10-11,20,28H,4-9,12,26H2,1-3H3,(H2,27,31)(H,32,33)/t20-/m1/s1. The van der Waals surface area contributed by atoms with Gasteiger partial charge < -0.3 is 21.9 Å². The molecule has 2 aliphatic rings. The van der Waals surface area contributed by atoms with Gasteiger partial charge in [-0.05, 0) is 56.1 Å². The number of carboxylic acid groups (broad SMARTS) is 1. The Bertz CT molecular complexity index is 1120. The average Bonchev–Trinajstić information content (AvgIpc) is 3.31. The van der Waals surface area contributed by atoms with Crippen molar-refractivity contribution >= 4 is 17.6 Å². The Balaban J connectivity index is 1.85. The molecule has 0 radical (unpaired) electrons. The van der Waals surface area contributed by atoms with Crippen LogP contribution in [-0.4, -0.2) is 38.3 Å². The van der Waals surface area contributed by atoms with Crippen LogP contribution in [0.25, 0.3) is 5.69 Å². The number of fused-ring (bicyclic) bond motifs is 1. The molecule has 1 fully saturated rings. The zero-order chi connectivity index (χ0) is 24.1. The first-order chi connectivity index (χ1) is 15.4. The van der Waals surface area contributed by atoms with Gasteiger partial charge in [-0.1, -0.05) is 26.7 Å².